The van der Waals surface area contributed by atoms with Crippen LogP contribution in [-0.2, 0) is 9.53 Å². The summed E-state index contributed by atoms with van der Waals surface area (Å²) in [6.45, 7) is 8.79. The highest BCUT2D eigenvalue weighted by Crippen LogP contribution is 2.42. The molecule has 0 saturated carbocycles. The lowest BCUT2D eigenvalue weighted by Crippen LogP contribution is -2.18. The highest BCUT2D eigenvalue weighted by Gasteiger charge is 2.56. The largest absolute Gasteiger partial charge is 0.465 e. The van der Waals surface area contributed by atoms with Gasteiger partial charge in [-0.15, -0.1) is 0 Å². The lowest BCUT2D eigenvalue weighted by atomic mass is 10.1. The molecule has 1 aromatic rings. The van der Waals surface area contributed by atoms with Crippen molar-refractivity contribution in [1.29, 1.82) is 0 Å². The van der Waals surface area contributed by atoms with Gasteiger partial charge in [0.15, 0.2) is 0 Å². The van der Waals surface area contributed by atoms with Crippen LogP contribution in [-0.4, -0.2) is 29.6 Å². The molecule has 1 aliphatic rings. The zero-order valence-electron chi connectivity index (χ0n) is 12.2. The van der Waals surface area contributed by atoms with E-state index in [1.807, 2.05) is 25.1 Å². The Morgan fingerprint density at radius 3 is 2.42 bits per heavy atom. The Morgan fingerprint density at radius 2 is 1.89 bits per heavy atom. The summed E-state index contributed by atoms with van der Waals surface area (Å²) >= 11 is 0. The number of benzene rings is 1. The fourth-order valence-electron chi connectivity index (χ4n) is 2.87. The molecule has 1 fully saturated rings. The van der Waals surface area contributed by atoms with Crippen molar-refractivity contribution in [2.45, 2.75) is 45.8 Å². The molecule has 3 heteroatoms. The van der Waals surface area contributed by atoms with Crippen LogP contribution in [0.3, 0.4) is 0 Å². The second-order valence-electron chi connectivity index (χ2n) is 5.47. The van der Waals surface area contributed by atoms with Crippen LogP contribution >= 0.6 is 0 Å². The van der Waals surface area contributed by atoms with E-state index in [9.17, 15) is 4.79 Å². The molecule has 1 unspecified atom stereocenters. The molecule has 2 rings (SSSR count). The van der Waals surface area contributed by atoms with E-state index in [1.165, 1.54) is 5.56 Å². The molecule has 104 valence electrons. The smallest absolute Gasteiger partial charge is 0.325 e. The first-order valence-electron chi connectivity index (χ1n) is 7.07. The Balaban J connectivity index is 2.12. The summed E-state index contributed by atoms with van der Waals surface area (Å²) in [6, 6.07) is 10.8. The van der Waals surface area contributed by atoms with E-state index in [4.69, 9.17) is 4.74 Å². The van der Waals surface area contributed by atoms with Crippen LogP contribution in [0.1, 0.15) is 39.3 Å². The highest BCUT2D eigenvalue weighted by atomic mass is 16.5. The summed E-state index contributed by atoms with van der Waals surface area (Å²) in [5.74, 6) is 0.379. The molecule has 1 aromatic carbocycles. The minimum absolute atomic E-state index is 0.0739. The summed E-state index contributed by atoms with van der Waals surface area (Å²) in [5, 5.41) is 0. The van der Waals surface area contributed by atoms with Gasteiger partial charge in [0.05, 0.1) is 6.61 Å². The standard InChI is InChI=1S/C16H23NO2/c1-5-19-16(18)15-14(11(2)3)17(15)12(4)13-9-7-6-8-10-13/h6-12,14-15H,5H2,1-4H3/t12-,14-,15-,17?/m0/s1. The molecule has 1 aliphatic heterocycles. The maximum absolute atomic E-state index is 12.0. The van der Waals surface area contributed by atoms with E-state index in [2.05, 4.69) is 37.8 Å². The molecule has 19 heavy (non-hydrogen) atoms. The molecular weight excluding hydrogens is 238 g/mol. The molecular formula is C16H23NO2. The number of hydrogen-bond donors (Lipinski definition) is 0. The maximum Gasteiger partial charge on any atom is 0.325 e. The first-order valence-corrected chi connectivity index (χ1v) is 7.07. The third kappa shape index (κ3) is 2.81. The molecule has 0 spiro atoms. The van der Waals surface area contributed by atoms with Gasteiger partial charge in [-0.1, -0.05) is 44.2 Å². The van der Waals surface area contributed by atoms with Crippen LogP contribution in [0.5, 0.6) is 0 Å². The quantitative estimate of drug-likeness (QED) is 0.602. The molecule has 0 N–H and O–H groups in total. The van der Waals surface area contributed by atoms with Gasteiger partial charge in [0, 0.05) is 12.1 Å². The number of carbonyl (C=O) groups is 1. The Labute approximate surface area is 115 Å². The zero-order valence-corrected chi connectivity index (χ0v) is 12.2. The van der Waals surface area contributed by atoms with Gasteiger partial charge in [-0.05, 0) is 25.3 Å². The first-order chi connectivity index (χ1) is 9.07. The number of rotatable bonds is 5. The third-order valence-electron chi connectivity index (χ3n) is 3.84. The molecule has 0 aromatic heterocycles. The lowest BCUT2D eigenvalue weighted by Gasteiger charge is -2.15. The highest BCUT2D eigenvalue weighted by molar-refractivity contribution is 5.80. The predicted molar refractivity (Wildman–Crippen MR) is 75.7 cm³/mol. The molecule has 4 atom stereocenters. The SMILES string of the molecule is CCOC(=O)[C@@H]1[C@H](C(C)C)N1[C@@H](C)c1ccccc1. The van der Waals surface area contributed by atoms with Gasteiger partial charge in [0.2, 0.25) is 0 Å². The van der Waals surface area contributed by atoms with Gasteiger partial charge in [0.25, 0.3) is 0 Å². The van der Waals surface area contributed by atoms with Crippen LogP contribution in [0.2, 0.25) is 0 Å². The normalized spacial score (nSPS) is 27.1. The summed E-state index contributed by atoms with van der Waals surface area (Å²) in [7, 11) is 0. The molecule has 0 radical (unpaired) electrons. The maximum atomic E-state index is 12.0. The van der Waals surface area contributed by atoms with Crippen molar-refractivity contribution in [2.24, 2.45) is 5.92 Å². The van der Waals surface area contributed by atoms with Gasteiger partial charge in [0.1, 0.15) is 6.04 Å². The first kappa shape index (κ1) is 14.1. The fourth-order valence-corrected chi connectivity index (χ4v) is 2.87. The Morgan fingerprint density at radius 1 is 1.26 bits per heavy atom. The van der Waals surface area contributed by atoms with Gasteiger partial charge in [-0.25, -0.2) is 0 Å². The summed E-state index contributed by atoms with van der Waals surface area (Å²) in [5.41, 5.74) is 1.25. The van der Waals surface area contributed by atoms with Crippen LogP contribution in [0, 0.1) is 5.92 Å². The number of esters is 1. The molecule has 0 amide bonds. The van der Waals surface area contributed by atoms with Gasteiger partial charge < -0.3 is 4.74 Å². The van der Waals surface area contributed by atoms with E-state index in [0.717, 1.165) is 0 Å². The lowest BCUT2D eigenvalue weighted by molar-refractivity contribution is -0.143. The zero-order chi connectivity index (χ0) is 14.0. The average Bonchev–Trinajstić information content (AvgIpc) is 3.15. The summed E-state index contributed by atoms with van der Waals surface area (Å²) in [4.78, 5) is 14.3. The predicted octanol–water partition coefficient (Wildman–Crippen LogP) is 3.02. The van der Waals surface area contributed by atoms with Crippen LogP contribution in [0.4, 0.5) is 0 Å². The van der Waals surface area contributed by atoms with Crippen LogP contribution < -0.4 is 0 Å². The molecule has 1 heterocycles. The van der Waals surface area contributed by atoms with Crippen molar-refractivity contribution in [3.8, 4) is 0 Å². The van der Waals surface area contributed by atoms with Crippen molar-refractivity contribution < 1.29 is 9.53 Å². The number of nitrogens with zero attached hydrogens (tertiary/aromatic N) is 1. The number of hydrogen-bond acceptors (Lipinski definition) is 3. The second kappa shape index (κ2) is 5.74. The summed E-state index contributed by atoms with van der Waals surface area (Å²) in [6.07, 6.45) is 0. The van der Waals surface area contributed by atoms with Gasteiger partial charge in [-0.2, -0.15) is 0 Å². The second-order valence-corrected chi connectivity index (χ2v) is 5.47. The van der Waals surface area contributed by atoms with E-state index in [1.54, 1.807) is 0 Å². The molecule has 0 bridgehead atoms. The Hall–Kier alpha value is -1.35. The van der Waals surface area contributed by atoms with Crippen molar-refractivity contribution >= 4 is 5.97 Å². The number of ether oxygens (including phenoxy) is 1. The van der Waals surface area contributed by atoms with Crippen molar-refractivity contribution in [1.82, 2.24) is 4.90 Å². The van der Waals surface area contributed by atoms with E-state index < -0.39 is 0 Å². The molecule has 0 aliphatic carbocycles. The Bertz CT molecular complexity index is 430. The topological polar surface area (TPSA) is 29.3 Å². The van der Waals surface area contributed by atoms with Crippen LogP contribution in [0.25, 0.3) is 0 Å². The minimum Gasteiger partial charge on any atom is -0.465 e. The van der Waals surface area contributed by atoms with E-state index in [-0.39, 0.29) is 18.1 Å². The fraction of sp³-hybridized carbons (Fsp3) is 0.562. The van der Waals surface area contributed by atoms with Crippen molar-refractivity contribution in [3.63, 3.8) is 0 Å². The van der Waals surface area contributed by atoms with Crippen molar-refractivity contribution in [3.05, 3.63) is 35.9 Å². The molecule has 1 saturated heterocycles. The van der Waals surface area contributed by atoms with Gasteiger partial charge >= 0.3 is 5.97 Å². The Kier molecular flexibility index (Phi) is 4.25. The van der Waals surface area contributed by atoms with E-state index >= 15 is 0 Å². The molecule has 3 nitrogen and oxygen atoms in total. The number of carbonyl (C=O) groups excluding carboxylic acids is 1. The third-order valence-corrected chi connectivity index (χ3v) is 3.84. The average molecular weight is 261 g/mol. The monoisotopic (exact) mass is 261 g/mol. The summed E-state index contributed by atoms with van der Waals surface area (Å²) < 4.78 is 5.18. The van der Waals surface area contributed by atoms with Crippen molar-refractivity contribution in [2.75, 3.05) is 6.61 Å². The minimum atomic E-state index is -0.0796. The van der Waals surface area contributed by atoms with Crippen LogP contribution in [0.15, 0.2) is 30.3 Å². The van der Waals surface area contributed by atoms with Gasteiger partial charge in [-0.3, -0.25) is 9.69 Å². The van der Waals surface area contributed by atoms with E-state index in [0.29, 0.717) is 18.6 Å².